The highest BCUT2D eigenvalue weighted by atomic mass is 19.4. The van der Waals surface area contributed by atoms with Crippen LogP contribution in [0.4, 0.5) is 23.7 Å². The molecule has 0 unspecified atom stereocenters. The van der Waals surface area contributed by atoms with Crippen molar-refractivity contribution in [2.45, 2.75) is 51.9 Å². The van der Waals surface area contributed by atoms with E-state index in [1.165, 1.54) is 24.3 Å². The van der Waals surface area contributed by atoms with E-state index in [9.17, 15) is 32.3 Å². The van der Waals surface area contributed by atoms with E-state index >= 15 is 0 Å². The van der Waals surface area contributed by atoms with E-state index in [2.05, 4.69) is 15.1 Å². The Kier molecular flexibility index (Phi) is 9.63. The van der Waals surface area contributed by atoms with Crippen molar-refractivity contribution in [3.8, 4) is 0 Å². The number of rotatable bonds is 7. The second-order valence-corrected chi connectivity index (χ2v) is 11.7. The Morgan fingerprint density at radius 3 is 2.16 bits per heavy atom. The molecular weight excluding hydrogens is 569 g/mol. The molecule has 0 aromatic heterocycles. The van der Waals surface area contributed by atoms with Crippen LogP contribution in [0.15, 0.2) is 48.5 Å². The first-order valence-corrected chi connectivity index (χ1v) is 14.0. The van der Waals surface area contributed by atoms with Gasteiger partial charge >= 0.3 is 18.2 Å². The number of anilines is 1. The molecule has 2 fully saturated rings. The minimum atomic E-state index is -5.32. The summed E-state index contributed by atoms with van der Waals surface area (Å²) in [5, 5.41) is 3.10. The summed E-state index contributed by atoms with van der Waals surface area (Å²) in [4.78, 5) is 57.7. The molecule has 1 aliphatic carbocycles. The first-order chi connectivity index (χ1) is 20.2. The van der Waals surface area contributed by atoms with Crippen LogP contribution in [-0.2, 0) is 20.9 Å². The Hall–Kier alpha value is -4.13. The average Bonchev–Trinajstić information content (AvgIpc) is 3.78. The maximum absolute atomic E-state index is 13.1. The molecule has 232 valence electrons. The molecule has 1 saturated carbocycles. The summed E-state index contributed by atoms with van der Waals surface area (Å²) in [6.07, 6.45) is -4.91. The monoisotopic (exact) mass is 604 g/mol. The van der Waals surface area contributed by atoms with Crippen molar-refractivity contribution in [3.63, 3.8) is 0 Å². The zero-order valence-electron chi connectivity index (χ0n) is 24.3. The third-order valence-corrected chi connectivity index (χ3v) is 6.80. The first kappa shape index (κ1) is 31.8. The maximum atomic E-state index is 13.1. The second kappa shape index (κ2) is 13.0. The molecule has 1 aliphatic heterocycles. The van der Waals surface area contributed by atoms with Gasteiger partial charge in [0.2, 0.25) is 0 Å². The quantitative estimate of drug-likeness (QED) is 0.462. The lowest BCUT2D eigenvalue weighted by atomic mass is 10.1. The zero-order valence-corrected chi connectivity index (χ0v) is 24.3. The van der Waals surface area contributed by atoms with Gasteiger partial charge in [-0.3, -0.25) is 14.5 Å². The van der Waals surface area contributed by atoms with Crippen LogP contribution in [-0.4, -0.2) is 78.2 Å². The Morgan fingerprint density at radius 2 is 1.58 bits per heavy atom. The molecule has 0 radical (unpaired) electrons. The van der Waals surface area contributed by atoms with Crippen LogP contribution in [0.1, 0.15) is 59.9 Å². The van der Waals surface area contributed by atoms with Crippen LogP contribution < -0.4 is 10.4 Å². The number of alkyl halides is 3. The molecule has 1 N–H and O–H groups in total. The molecule has 2 aromatic carbocycles. The minimum absolute atomic E-state index is 0.000578. The standard InChI is InChI=1S/C30H35F3N4O6/c1-29(2,3)34-25(38)23-6-4-5-21(17-23)18-35-13-15-36(16-14-35)26(39)22-9-11-24(12-10-22)37(43-27(40)30(31,32)33)28(41)42-19-20-7-8-20/h4-6,9-12,17,20H,7-8,13-16,18-19H2,1-3H3,(H,34,38). The number of halogens is 3. The van der Waals surface area contributed by atoms with Gasteiger partial charge in [-0.1, -0.05) is 12.1 Å². The number of benzene rings is 2. The van der Waals surface area contributed by atoms with Crippen molar-refractivity contribution < 1.29 is 41.9 Å². The Labute approximate surface area is 247 Å². The summed E-state index contributed by atoms with van der Waals surface area (Å²) in [5.74, 6) is -2.88. The van der Waals surface area contributed by atoms with Gasteiger partial charge in [0.05, 0.1) is 12.3 Å². The molecule has 2 aromatic rings. The van der Waals surface area contributed by atoms with E-state index < -0.39 is 18.2 Å². The molecule has 2 aliphatic rings. The molecule has 0 spiro atoms. The Bertz CT molecular complexity index is 1330. The highest BCUT2D eigenvalue weighted by Gasteiger charge is 2.44. The lowest BCUT2D eigenvalue weighted by molar-refractivity contribution is -0.200. The molecule has 43 heavy (non-hydrogen) atoms. The SMILES string of the molecule is CC(C)(C)NC(=O)c1cccc(CN2CCN(C(=O)c3ccc(N(OC(=O)C(F)(F)F)C(=O)OCC4CC4)cc3)CC2)c1. The third-order valence-electron chi connectivity index (χ3n) is 6.80. The zero-order chi connectivity index (χ0) is 31.4. The van der Waals surface area contributed by atoms with Crippen LogP contribution >= 0.6 is 0 Å². The summed E-state index contributed by atoms with van der Waals surface area (Å²) in [7, 11) is 0. The molecule has 4 rings (SSSR count). The van der Waals surface area contributed by atoms with E-state index in [1.807, 2.05) is 39.0 Å². The predicted molar refractivity (Wildman–Crippen MR) is 150 cm³/mol. The van der Waals surface area contributed by atoms with Gasteiger partial charge in [0.15, 0.2) is 0 Å². The summed E-state index contributed by atoms with van der Waals surface area (Å²) in [6.45, 7) is 8.42. The molecule has 1 saturated heterocycles. The number of piperazine rings is 1. The maximum Gasteiger partial charge on any atom is 0.493 e. The normalized spacial score (nSPS) is 15.9. The summed E-state index contributed by atoms with van der Waals surface area (Å²) < 4.78 is 43.5. The van der Waals surface area contributed by atoms with Crippen LogP contribution in [0.3, 0.4) is 0 Å². The van der Waals surface area contributed by atoms with Crippen LogP contribution in [0.5, 0.6) is 0 Å². The number of ether oxygens (including phenoxy) is 1. The van der Waals surface area contributed by atoms with Gasteiger partial charge in [-0.2, -0.15) is 13.2 Å². The molecule has 10 nitrogen and oxygen atoms in total. The Balaban J connectivity index is 1.34. The second-order valence-electron chi connectivity index (χ2n) is 11.7. The van der Waals surface area contributed by atoms with Gasteiger partial charge in [0.25, 0.3) is 11.8 Å². The number of carbonyl (C=O) groups is 4. The molecular formula is C30H35F3N4O6. The lowest BCUT2D eigenvalue weighted by Crippen LogP contribution is -2.48. The number of nitrogens with one attached hydrogen (secondary N) is 1. The summed E-state index contributed by atoms with van der Waals surface area (Å²) in [6, 6.07) is 12.5. The van der Waals surface area contributed by atoms with E-state index in [1.54, 1.807) is 11.0 Å². The van der Waals surface area contributed by atoms with Crippen molar-refractivity contribution >= 4 is 29.6 Å². The smallest absolute Gasteiger partial charge is 0.447 e. The first-order valence-electron chi connectivity index (χ1n) is 14.0. The largest absolute Gasteiger partial charge is 0.493 e. The van der Waals surface area contributed by atoms with Gasteiger partial charge in [0.1, 0.15) is 0 Å². The number of hydrogen-bond acceptors (Lipinski definition) is 7. The summed E-state index contributed by atoms with van der Waals surface area (Å²) in [5.41, 5.74) is 1.26. The van der Waals surface area contributed by atoms with Gasteiger partial charge in [-0.05, 0) is 81.5 Å². The lowest BCUT2D eigenvalue weighted by Gasteiger charge is -2.35. The molecule has 0 atom stereocenters. The fourth-order valence-corrected chi connectivity index (χ4v) is 4.38. The van der Waals surface area contributed by atoms with Gasteiger partial charge in [-0.25, -0.2) is 9.59 Å². The van der Waals surface area contributed by atoms with E-state index in [0.29, 0.717) is 38.3 Å². The van der Waals surface area contributed by atoms with Crippen molar-refractivity contribution in [1.82, 2.24) is 15.1 Å². The fraction of sp³-hybridized carbons (Fsp3) is 0.467. The Morgan fingerprint density at radius 1 is 0.930 bits per heavy atom. The van der Waals surface area contributed by atoms with Crippen molar-refractivity contribution in [2.75, 3.05) is 37.8 Å². The van der Waals surface area contributed by atoms with Crippen LogP contribution in [0, 0.1) is 5.92 Å². The van der Waals surface area contributed by atoms with Crippen LogP contribution in [0.2, 0.25) is 0 Å². The molecule has 0 bridgehead atoms. The molecule has 13 heteroatoms. The van der Waals surface area contributed by atoms with Crippen molar-refractivity contribution in [2.24, 2.45) is 5.92 Å². The van der Waals surface area contributed by atoms with Gasteiger partial charge in [0, 0.05) is 49.4 Å². The van der Waals surface area contributed by atoms with E-state index in [0.717, 1.165) is 18.4 Å². The van der Waals surface area contributed by atoms with E-state index in [-0.39, 0.29) is 46.2 Å². The van der Waals surface area contributed by atoms with Crippen molar-refractivity contribution in [3.05, 3.63) is 65.2 Å². The van der Waals surface area contributed by atoms with Crippen LogP contribution in [0.25, 0.3) is 0 Å². The number of amides is 3. The highest BCUT2D eigenvalue weighted by molar-refractivity contribution is 5.96. The van der Waals surface area contributed by atoms with Gasteiger partial charge in [-0.15, -0.1) is 5.06 Å². The molecule has 3 amide bonds. The third kappa shape index (κ3) is 9.18. The number of hydroxylamine groups is 1. The highest BCUT2D eigenvalue weighted by Crippen LogP contribution is 2.30. The van der Waals surface area contributed by atoms with Crippen molar-refractivity contribution in [1.29, 1.82) is 0 Å². The predicted octanol–water partition coefficient (Wildman–Crippen LogP) is 4.55. The summed E-state index contributed by atoms with van der Waals surface area (Å²) >= 11 is 0. The number of carbonyl (C=O) groups excluding carboxylic acids is 4. The van der Waals surface area contributed by atoms with E-state index in [4.69, 9.17) is 4.74 Å². The topological polar surface area (TPSA) is 108 Å². The number of hydrogen-bond donors (Lipinski definition) is 1. The minimum Gasteiger partial charge on any atom is -0.447 e. The van der Waals surface area contributed by atoms with Gasteiger partial charge < -0.3 is 19.8 Å². The fourth-order valence-electron chi connectivity index (χ4n) is 4.38. The number of nitrogens with zero attached hydrogens (tertiary/aromatic N) is 3. The molecule has 1 heterocycles. The average molecular weight is 605 g/mol.